The van der Waals surface area contributed by atoms with E-state index in [2.05, 4.69) is 4.98 Å². The van der Waals surface area contributed by atoms with Crippen LogP contribution in [0.15, 0.2) is 53.4 Å². The van der Waals surface area contributed by atoms with Gasteiger partial charge in [0.2, 0.25) is 5.91 Å². The van der Waals surface area contributed by atoms with Gasteiger partial charge in [0, 0.05) is 25.0 Å². The number of hydrogen-bond donors (Lipinski definition) is 0. The molecule has 0 saturated carbocycles. The first-order chi connectivity index (χ1) is 9.84. The van der Waals surface area contributed by atoms with Crippen molar-refractivity contribution >= 4 is 12.0 Å². The Bertz CT molecular complexity index is 590. The predicted molar refractivity (Wildman–Crippen MR) is 75.7 cm³/mol. The van der Waals surface area contributed by atoms with Gasteiger partial charge in [0.1, 0.15) is 5.76 Å². The lowest BCUT2D eigenvalue weighted by molar-refractivity contribution is -0.126. The number of pyridine rings is 1. The molecule has 20 heavy (non-hydrogen) atoms. The van der Waals surface area contributed by atoms with Crippen LogP contribution in [0.25, 0.3) is 6.08 Å². The van der Waals surface area contributed by atoms with Gasteiger partial charge in [-0.2, -0.15) is 0 Å². The van der Waals surface area contributed by atoms with Crippen molar-refractivity contribution in [1.29, 1.82) is 0 Å². The molecule has 0 N–H and O–H groups in total. The molecule has 1 atom stereocenters. The molecular weight excluding hydrogens is 252 g/mol. The van der Waals surface area contributed by atoms with Gasteiger partial charge in [0.15, 0.2) is 0 Å². The van der Waals surface area contributed by atoms with Crippen molar-refractivity contribution in [2.45, 2.75) is 18.9 Å². The Hall–Kier alpha value is -2.36. The highest BCUT2D eigenvalue weighted by Gasteiger charge is 2.28. The molecule has 2 aromatic heterocycles. The minimum absolute atomic E-state index is 0.0284. The number of hydrogen-bond acceptors (Lipinski definition) is 3. The number of carbonyl (C=O) groups excluding carboxylic acids is 1. The van der Waals surface area contributed by atoms with Crippen LogP contribution in [0.4, 0.5) is 0 Å². The van der Waals surface area contributed by atoms with Crippen molar-refractivity contribution in [2.24, 2.45) is 0 Å². The van der Waals surface area contributed by atoms with Crippen molar-refractivity contribution in [2.75, 3.05) is 6.54 Å². The van der Waals surface area contributed by atoms with Gasteiger partial charge in [-0.25, -0.2) is 0 Å². The van der Waals surface area contributed by atoms with E-state index in [-0.39, 0.29) is 11.9 Å². The highest BCUT2D eigenvalue weighted by atomic mass is 16.3. The minimum Gasteiger partial charge on any atom is -0.465 e. The first kappa shape index (κ1) is 12.7. The predicted octanol–water partition coefficient (Wildman–Crippen LogP) is 3.05. The average molecular weight is 268 g/mol. The summed E-state index contributed by atoms with van der Waals surface area (Å²) in [6.07, 6.45) is 10.5. The van der Waals surface area contributed by atoms with Crippen LogP contribution in [0.2, 0.25) is 0 Å². The van der Waals surface area contributed by atoms with Crippen LogP contribution in [-0.4, -0.2) is 22.3 Å². The molecular formula is C16H16N2O2. The normalized spacial score (nSPS) is 18.8. The molecule has 2 aromatic rings. The lowest BCUT2D eigenvalue weighted by Crippen LogP contribution is -2.28. The zero-order chi connectivity index (χ0) is 13.8. The molecule has 3 rings (SSSR count). The number of carbonyl (C=O) groups is 1. The molecule has 1 amide bonds. The van der Waals surface area contributed by atoms with Crippen LogP contribution in [0.3, 0.4) is 0 Å². The third kappa shape index (κ3) is 2.64. The molecule has 102 valence electrons. The molecule has 4 nitrogen and oxygen atoms in total. The molecule has 3 heterocycles. The maximum atomic E-state index is 12.3. The van der Waals surface area contributed by atoms with Crippen LogP contribution in [0.1, 0.15) is 30.2 Å². The van der Waals surface area contributed by atoms with Crippen LogP contribution in [0, 0.1) is 0 Å². The number of aromatic nitrogens is 1. The summed E-state index contributed by atoms with van der Waals surface area (Å²) in [7, 11) is 0. The van der Waals surface area contributed by atoms with E-state index in [4.69, 9.17) is 4.42 Å². The number of rotatable bonds is 3. The molecule has 0 radical (unpaired) electrons. The molecule has 4 heteroatoms. The van der Waals surface area contributed by atoms with Crippen molar-refractivity contribution < 1.29 is 9.21 Å². The molecule has 0 aliphatic carbocycles. The lowest BCUT2D eigenvalue weighted by atomic mass is 10.1. The van der Waals surface area contributed by atoms with Gasteiger partial charge in [-0.15, -0.1) is 0 Å². The van der Waals surface area contributed by atoms with Gasteiger partial charge in [-0.05, 0) is 48.7 Å². The minimum atomic E-state index is 0.0284. The fraction of sp³-hybridized carbons (Fsp3) is 0.250. The second-order valence-corrected chi connectivity index (χ2v) is 4.82. The maximum Gasteiger partial charge on any atom is 0.247 e. The molecule has 0 aromatic carbocycles. The molecule has 1 fully saturated rings. The van der Waals surface area contributed by atoms with Crippen molar-refractivity contribution in [3.8, 4) is 0 Å². The number of likely N-dealkylation sites (tertiary alicyclic amines) is 1. The summed E-state index contributed by atoms with van der Waals surface area (Å²) in [4.78, 5) is 18.2. The van der Waals surface area contributed by atoms with E-state index >= 15 is 0 Å². The van der Waals surface area contributed by atoms with E-state index in [1.54, 1.807) is 36.9 Å². The van der Waals surface area contributed by atoms with Crippen molar-refractivity contribution in [3.63, 3.8) is 0 Å². The Morgan fingerprint density at radius 3 is 2.95 bits per heavy atom. The fourth-order valence-electron chi connectivity index (χ4n) is 2.60. The fourth-order valence-corrected chi connectivity index (χ4v) is 2.60. The second kappa shape index (κ2) is 5.74. The summed E-state index contributed by atoms with van der Waals surface area (Å²) in [5, 5.41) is 0. The Morgan fingerprint density at radius 1 is 1.35 bits per heavy atom. The Labute approximate surface area is 117 Å². The second-order valence-electron chi connectivity index (χ2n) is 4.82. The van der Waals surface area contributed by atoms with Crippen LogP contribution < -0.4 is 0 Å². The Kier molecular flexibility index (Phi) is 3.63. The largest absolute Gasteiger partial charge is 0.465 e. The summed E-state index contributed by atoms with van der Waals surface area (Å²) in [5.74, 6) is 0.721. The summed E-state index contributed by atoms with van der Waals surface area (Å²) in [6.45, 7) is 0.800. The van der Waals surface area contributed by atoms with E-state index in [1.165, 1.54) is 0 Å². The summed E-state index contributed by atoms with van der Waals surface area (Å²) < 4.78 is 5.19. The van der Waals surface area contributed by atoms with E-state index in [0.29, 0.717) is 5.76 Å². The number of nitrogens with zero attached hydrogens (tertiary/aromatic N) is 2. The number of furan rings is 1. The molecule has 1 aliphatic rings. The van der Waals surface area contributed by atoms with E-state index < -0.39 is 0 Å². The maximum absolute atomic E-state index is 12.3. The standard InChI is InChI=1S/C16H16N2O2/c19-16(6-5-14-3-2-12-20-14)18-11-1-4-15(18)13-7-9-17-10-8-13/h2-3,5-10,12,15H,1,4,11H2. The van der Waals surface area contributed by atoms with E-state index in [9.17, 15) is 4.79 Å². The number of amides is 1. The molecule has 1 saturated heterocycles. The van der Waals surface area contributed by atoms with Crippen LogP contribution in [0.5, 0.6) is 0 Å². The topological polar surface area (TPSA) is 46.3 Å². The molecule has 1 aliphatic heterocycles. The summed E-state index contributed by atoms with van der Waals surface area (Å²) in [5.41, 5.74) is 1.15. The van der Waals surface area contributed by atoms with Crippen molar-refractivity contribution in [1.82, 2.24) is 9.88 Å². The van der Waals surface area contributed by atoms with Crippen LogP contribution in [-0.2, 0) is 4.79 Å². The molecule has 0 bridgehead atoms. The average Bonchev–Trinajstić information content (AvgIpc) is 3.17. The highest BCUT2D eigenvalue weighted by Crippen LogP contribution is 2.31. The van der Waals surface area contributed by atoms with Gasteiger partial charge < -0.3 is 9.32 Å². The molecule has 0 spiro atoms. The summed E-state index contributed by atoms with van der Waals surface area (Å²) in [6, 6.07) is 7.75. The van der Waals surface area contributed by atoms with E-state index in [1.807, 2.05) is 23.1 Å². The first-order valence-electron chi connectivity index (χ1n) is 6.77. The smallest absolute Gasteiger partial charge is 0.247 e. The van der Waals surface area contributed by atoms with Gasteiger partial charge in [0.25, 0.3) is 0 Å². The zero-order valence-corrected chi connectivity index (χ0v) is 11.1. The monoisotopic (exact) mass is 268 g/mol. The highest BCUT2D eigenvalue weighted by molar-refractivity contribution is 5.91. The van der Waals surface area contributed by atoms with E-state index in [0.717, 1.165) is 24.9 Å². The SMILES string of the molecule is O=C(C=Cc1ccco1)N1CCCC1c1ccncc1. The lowest BCUT2D eigenvalue weighted by Gasteiger charge is -2.23. The zero-order valence-electron chi connectivity index (χ0n) is 11.1. The Balaban J connectivity index is 1.74. The van der Waals surface area contributed by atoms with Gasteiger partial charge >= 0.3 is 0 Å². The van der Waals surface area contributed by atoms with Gasteiger partial charge in [0.05, 0.1) is 12.3 Å². The molecule has 1 unspecified atom stereocenters. The summed E-state index contributed by atoms with van der Waals surface area (Å²) >= 11 is 0. The van der Waals surface area contributed by atoms with Crippen LogP contribution >= 0.6 is 0 Å². The van der Waals surface area contributed by atoms with Gasteiger partial charge in [-0.3, -0.25) is 9.78 Å². The third-order valence-electron chi connectivity index (χ3n) is 3.56. The third-order valence-corrected chi connectivity index (χ3v) is 3.56. The first-order valence-corrected chi connectivity index (χ1v) is 6.77. The van der Waals surface area contributed by atoms with Gasteiger partial charge in [-0.1, -0.05) is 0 Å². The van der Waals surface area contributed by atoms with Crippen molar-refractivity contribution in [3.05, 3.63) is 60.3 Å². The quantitative estimate of drug-likeness (QED) is 0.804. The Morgan fingerprint density at radius 2 is 2.20 bits per heavy atom.